The average molecular weight is 459 g/mol. The van der Waals surface area contributed by atoms with E-state index in [9.17, 15) is 19.5 Å². The van der Waals surface area contributed by atoms with Crippen molar-refractivity contribution in [2.75, 3.05) is 13.1 Å². The van der Waals surface area contributed by atoms with Gasteiger partial charge in [-0.15, -0.1) is 0 Å². The van der Waals surface area contributed by atoms with E-state index in [0.29, 0.717) is 36.0 Å². The molecule has 3 aromatic rings. The summed E-state index contributed by atoms with van der Waals surface area (Å²) in [6.45, 7) is 0.574. The quantitative estimate of drug-likeness (QED) is 0.467. The third-order valence-corrected chi connectivity index (χ3v) is 4.66. The summed E-state index contributed by atoms with van der Waals surface area (Å²) in [6, 6.07) is 11.3. The van der Waals surface area contributed by atoms with Gasteiger partial charge < -0.3 is 15.7 Å². The Morgan fingerprint density at radius 1 is 1.10 bits per heavy atom. The molecule has 9 heteroatoms. The number of phenolic OH excluding ortho intramolecular Hbond substituents is 1. The summed E-state index contributed by atoms with van der Waals surface area (Å²) in [4.78, 5) is 40.7. The summed E-state index contributed by atoms with van der Waals surface area (Å²) in [6.07, 6.45) is 1.88. The smallest absolute Gasteiger partial charge is 0.261 e. The first-order valence-electron chi connectivity index (χ1n) is 8.92. The van der Waals surface area contributed by atoms with Crippen molar-refractivity contribution in [3.8, 4) is 5.75 Å². The van der Waals surface area contributed by atoms with Crippen LogP contribution in [0, 0.1) is 0 Å². The lowest BCUT2D eigenvalue weighted by Gasteiger charge is -2.09. The van der Waals surface area contributed by atoms with Crippen LogP contribution in [0.2, 0.25) is 0 Å². The van der Waals surface area contributed by atoms with E-state index < -0.39 is 0 Å². The summed E-state index contributed by atoms with van der Waals surface area (Å²) in [5, 5.41) is 15.2. The first kappa shape index (κ1) is 20.5. The number of fused-ring (bicyclic) bond motifs is 1. The van der Waals surface area contributed by atoms with Crippen molar-refractivity contribution in [2.45, 2.75) is 13.0 Å². The van der Waals surface area contributed by atoms with Crippen molar-refractivity contribution in [3.63, 3.8) is 0 Å². The second-order valence-electron chi connectivity index (χ2n) is 6.35. The van der Waals surface area contributed by atoms with Crippen LogP contribution in [0.4, 0.5) is 0 Å². The minimum Gasteiger partial charge on any atom is -0.508 e. The fraction of sp³-hybridized carbons (Fsp3) is 0.200. The van der Waals surface area contributed by atoms with Crippen LogP contribution in [0.5, 0.6) is 5.75 Å². The number of phenols is 1. The average Bonchev–Trinajstić information content (AvgIpc) is 2.70. The first-order valence-corrected chi connectivity index (χ1v) is 9.72. The number of benzene rings is 2. The van der Waals surface area contributed by atoms with E-state index in [1.54, 1.807) is 30.3 Å². The number of carbonyl (C=O) groups excluding carboxylic acids is 2. The van der Waals surface area contributed by atoms with E-state index in [1.165, 1.54) is 23.0 Å². The number of rotatable bonds is 7. The van der Waals surface area contributed by atoms with Crippen molar-refractivity contribution in [1.29, 1.82) is 0 Å². The number of amides is 2. The highest BCUT2D eigenvalue weighted by Crippen LogP contribution is 2.14. The summed E-state index contributed by atoms with van der Waals surface area (Å²) in [5.41, 5.74) is 0.644. The van der Waals surface area contributed by atoms with Crippen molar-refractivity contribution in [3.05, 3.63) is 69.2 Å². The van der Waals surface area contributed by atoms with Gasteiger partial charge in [0.15, 0.2) is 0 Å². The van der Waals surface area contributed by atoms with Crippen molar-refractivity contribution >= 4 is 38.6 Å². The van der Waals surface area contributed by atoms with Gasteiger partial charge in [0.25, 0.3) is 11.5 Å². The molecule has 3 rings (SSSR count). The maximum atomic E-state index is 12.5. The molecule has 1 aromatic heterocycles. The van der Waals surface area contributed by atoms with Gasteiger partial charge in [-0.05, 0) is 42.8 Å². The summed E-state index contributed by atoms with van der Waals surface area (Å²) in [5.74, 6) is -0.592. The molecule has 0 saturated heterocycles. The fourth-order valence-corrected chi connectivity index (χ4v) is 3.08. The molecule has 0 unspecified atom stereocenters. The molecule has 0 saturated carbocycles. The standard InChI is InChI=1S/C20H19BrN4O4/c21-14-5-6-17-16(10-14)20(29)25(12-24-17)11-18(27)22-7-2-8-23-19(28)13-3-1-4-15(26)9-13/h1,3-6,9-10,12,26H,2,7-8,11H2,(H,22,27)(H,23,28). The number of nitrogens with one attached hydrogen (secondary N) is 2. The zero-order chi connectivity index (χ0) is 20.8. The minimum atomic E-state index is -0.317. The van der Waals surface area contributed by atoms with Crippen molar-refractivity contribution in [2.24, 2.45) is 0 Å². The van der Waals surface area contributed by atoms with Gasteiger partial charge in [0.1, 0.15) is 12.3 Å². The minimum absolute atomic E-state index is 0.0238. The molecule has 0 aliphatic heterocycles. The third kappa shape index (κ3) is 5.41. The van der Waals surface area contributed by atoms with Gasteiger partial charge in [-0.1, -0.05) is 22.0 Å². The Bertz CT molecular complexity index is 1110. The molecule has 0 bridgehead atoms. The SMILES string of the molecule is O=C(Cn1cnc2ccc(Br)cc2c1=O)NCCCNC(=O)c1cccc(O)c1. The highest BCUT2D eigenvalue weighted by atomic mass is 79.9. The molecule has 0 atom stereocenters. The molecule has 0 radical (unpaired) electrons. The Balaban J connectivity index is 1.46. The van der Waals surface area contributed by atoms with Crippen LogP contribution in [0.3, 0.4) is 0 Å². The Labute approximate surface area is 174 Å². The molecule has 0 spiro atoms. The number of nitrogens with zero attached hydrogens (tertiary/aromatic N) is 2. The lowest BCUT2D eigenvalue weighted by atomic mass is 10.2. The van der Waals surface area contributed by atoms with Gasteiger partial charge in [0, 0.05) is 23.1 Å². The third-order valence-electron chi connectivity index (χ3n) is 4.17. The maximum absolute atomic E-state index is 12.5. The highest BCUT2D eigenvalue weighted by molar-refractivity contribution is 9.10. The summed E-state index contributed by atoms with van der Waals surface area (Å²) < 4.78 is 2.02. The zero-order valence-corrected chi connectivity index (χ0v) is 17.0. The van der Waals surface area contributed by atoms with Crippen molar-refractivity contribution in [1.82, 2.24) is 20.2 Å². The van der Waals surface area contributed by atoms with Gasteiger partial charge in [0.05, 0.1) is 17.2 Å². The van der Waals surface area contributed by atoms with Crippen LogP contribution in [-0.4, -0.2) is 39.6 Å². The van der Waals surface area contributed by atoms with Crippen LogP contribution >= 0.6 is 15.9 Å². The molecular formula is C20H19BrN4O4. The van der Waals surface area contributed by atoms with Gasteiger partial charge in [-0.3, -0.25) is 19.0 Å². The molecule has 0 aliphatic carbocycles. The molecule has 150 valence electrons. The fourth-order valence-electron chi connectivity index (χ4n) is 2.72. The van der Waals surface area contributed by atoms with E-state index in [4.69, 9.17) is 0 Å². The largest absolute Gasteiger partial charge is 0.508 e. The molecule has 2 amide bonds. The highest BCUT2D eigenvalue weighted by Gasteiger charge is 2.09. The van der Waals surface area contributed by atoms with E-state index in [2.05, 4.69) is 31.5 Å². The molecule has 3 N–H and O–H groups in total. The molecule has 1 heterocycles. The lowest BCUT2D eigenvalue weighted by Crippen LogP contribution is -2.34. The van der Waals surface area contributed by atoms with E-state index in [-0.39, 0.29) is 29.7 Å². The number of hydrogen-bond donors (Lipinski definition) is 3. The van der Waals surface area contributed by atoms with E-state index in [1.807, 2.05) is 0 Å². The molecule has 0 aliphatic rings. The topological polar surface area (TPSA) is 113 Å². The van der Waals surface area contributed by atoms with E-state index in [0.717, 1.165) is 4.47 Å². The number of carbonyl (C=O) groups is 2. The van der Waals surface area contributed by atoms with Crippen LogP contribution < -0.4 is 16.2 Å². The van der Waals surface area contributed by atoms with Gasteiger partial charge in [-0.25, -0.2) is 4.98 Å². The second kappa shape index (κ2) is 9.33. The van der Waals surface area contributed by atoms with Crippen LogP contribution in [0.15, 0.2) is 58.1 Å². The molecule has 29 heavy (non-hydrogen) atoms. The Kier molecular flexibility index (Phi) is 6.61. The van der Waals surface area contributed by atoms with Crippen LogP contribution in [0.1, 0.15) is 16.8 Å². The maximum Gasteiger partial charge on any atom is 0.261 e. The normalized spacial score (nSPS) is 10.7. The monoisotopic (exact) mass is 458 g/mol. The van der Waals surface area contributed by atoms with Crippen molar-refractivity contribution < 1.29 is 14.7 Å². The number of aromatic nitrogens is 2. The summed E-state index contributed by atoms with van der Waals surface area (Å²) in [7, 11) is 0. The zero-order valence-electron chi connectivity index (χ0n) is 15.4. The number of aromatic hydroxyl groups is 1. The molecule has 8 nitrogen and oxygen atoms in total. The van der Waals surface area contributed by atoms with Gasteiger partial charge in [-0.2, -0.15) is 0 Å². The second-order valence-corrected chi connectivity index (χ2v) is 7.26. The van der Waals surface area contributed by atoms with Gasteiger partial charge >= 0.3 is 0 Å². The Morgan fingerprint density at radius 3 is 2.69 bits per heavy atom. The summed E-state index contributed by atoms with van der Waals surface area (Å²) >= 11 is 3.32. The molecule has 2 aromatic carbocycles. The lowest BCUT2D eigenvalue weighted by molar-refractivity contribution is -0.121. The predicted molar refractivity (Wildman–Crippen MR) is 112 cm³/mol. The Hall–Kier alpha value is -3.20. The Morgan fingerprint density at radius 2 is 1.90 bits per heavy atom. The van der Waals surface area contributed by atoms with E-state index >= 15 is 0 Å². The number of halogens is 1. The van der Waals surface area contributed by atoms with Crippen LogP contribution in [-0.2, 0) is 11.3 Å². The molecule has 0 fully saturated rings. The predicted octanol–water partition coefficient (Wildman–Crippen LogP) is 1.80. The van der Waals surface area contributed by atoms with Gasteiger partial charge in [0.2, 0.25) is 5.91 Å². The van der Waals surface area contributed by atoms with Crippen LogP contribution in [0.25, 0.3) is 10.9 Å². The number of hydrogen-bond acceptors (Lipinski definition) is 5. The first-order chi connectivity index (χ1) is 13.9. The molecular weight excluding hydrogens is 440 g/mol.